The lowest BCUT2D eigenvalue weighted by atomic mass is 9.95. The molecule has 0 bridgehead atoms. The van der Waals surface area contributed by atoms with Gasteiger partial charge in [-0.2, -0.15) is 0 Å². The molecule has 0 saturated heterocycles. The number of carboxylic acids is 1. The molecule has 0 saturated carbocycles. The highest BCUT2D eigenvalue weighted by atomic mass is 16.4. The van der Waals surface area contributed by atoms with Gasteiger partial charge >= 0.3 is 5.97 Å². The number of hydrogen-bond acceptors (Lipinski definition) is 4. The summed E-state index contributed by atoms with van der Waals surface area (Å²) in [5.41, 5.74) is 4.10. The van der Waals surface area contributed by atoms with Crippen molar-refractivity contribution in [1.82, 2.24) is 4.98 Å². The monoisotopic (exact) mass is 484 g/mol. The molecule has 1 aliphatic heterocycles. The molecule has 1 amide bonds. The minimum atomic E-state index is -1.02. The second kappa shape index (κ2) is 8.53. The topological polar surface area (TPSA) is 87.6 Å². The zero-order valence-electron chi connectivity index (χ0n) is 19.8. The number of aromatic carboxylic acids is 1. The normalized spacial score (nSPS) is 13.9. The fourth-order valence-corrected chi connectivity index (χ4v) is 4.94. The van der Waals surface area contributed by atoms with Crippen molar-refractivity contribution in [3.63, 3.8) is 0 Å². The minimum Gasteiger partial charge on any atom is -0.478 e. The molecule has 0 spiro atoms. The van der Waals surface area contributed by atoms with Crippen molar-refractivity contribution in [3.05, 3.63) is 114 Å². The van der Waals surface area contributed by atoms with Gasteiger partial charge in [-0.15, -0.1) is 0 Å². The van der Waals surface area contributed by atoms with E-state index in [1.165, 1.54) is 17.9 Å². The van der Waals surface area contributed by atoms with Gasteiger partial charge in [-0.05, 0) is 58.8 Å². The molecular formula is C31H20N2O4. The Balaban J connectivity index is 1.65. The lowest BCUT2D eigenvalue weighted by molar-refractivity contribution is -0.116. The largest absolute Gasteiger partial charge is 0.478 e. The molecule has 2 heterocycles. The predicted molar refractivity (Wildman–Crippen MR) is 144 cm³/mol. The Labute approximate surface area is 212 Å². The molecule has 0 aliphatic carbocycles. The highest BCUT2D eigenvalue weighted by molar-refractivity contribution is 6.27. The van der Waals surface area contributed by atoms with E-state index in [9.17, 15) is 19.5 Å². The first kappa shape index (κ1) is 22.4. The SMILES string of the molecule is CC(=O)N1/C(=C\c2nc3ccc(C(=O)O)cc3cc2-c2cccc3ccccc23)C(=O)c2ccccc21. The molecule has 178 valence electrons. The van der Waals surface area contributed by atoms with Gasteiger partial charge in [0, 0.05) is 23.4 Å². The molecule has 0 fully saturated rings. The Bertz CT molecular complexity index is 1810. The number of carbonyl (C=O) groups excluding carboxylic acids is 2. The zero-order valence-corrected chi connectivity index (χ0v) is 19.8. The third kappa shape index (κ3) is 3.67. The molecule has 1 N–H and O–H groups in total. The van der Waals surface area contributed by atoms with E-state index in [2.05, 4.69) is 0 Å². The first-order valence-corrected chi connectivity index (χ1v) is 11.7. The highest BCUT2D eigenvalue weighted by Gasteiger charge is 2.34. The molecule has 0 atom stereocenters. The lowest BCUT2D eigenvalue weighted by Gasteiger charge is -2.17. The van der Waals surface area contributed by atoms with Crippen LogP contribution >= 0.6 is 0 Å². The number of ketones is 1. The van der Waals surface area contributed by atoms with Crippen molar-refractivity contribution in [3.8, 4) is 11.1 Å². The van der Waals surface area contributed by atoms with Crippen LogP contribution in [0.3, 0.4) is 0 Å². The van der Waals surface area contributed by atoms with Crippen LogP contribution in [-0.4, -0.2) is 27.8 Å². The number of allylic oxidation sites excluding steroid dienone is 1. The summed E-state index contributed by atoms with van der Waals surface area (Å²) in [6.45, 7) is 1.43. The average molecular weight is 485 g/mol. The first-order chi connectivity index (χ1) is 17.9. The number of rotatable bonds is 3. The Morgan fingerprint density at radius 1 is 0.811 bits per heavy atom. The number of fused-ring (bicyclic) bond motifs is 3. The maximum atomic E-state index is 13.4. The van der Waals surface area contributed by atoms with Gasteiger partial charge in [-0.3, -0.25) is 14.5 Å². The standard InChI is InChI=1S/C31H20N2O4/c1-18(34)33-28-12-5-4-10-24(28)30(35)29(33)17-27-25(23-11-6-8-19-7-2-3-9-22(19)23)16-21-15-20(31(36)37)13-14-26(21)32-27/h2-17H,1H3,(H,36,37)/b29-17-. The van der Waals surface area contributed by atoms with E-state index >= 15 is 0 Å². The van der Waals surface area contributed by atoms with E-state index < -0.39 is 5.97 Å². The molecule has 0 unspecified atom stereocenters. The van der Waals surface area contributed by atoms with Crippen molar-refractivity contribution in [2.24, 2.45) is 0 Å². The van der Waals surface area contributed by atoms with E-state index in [0.29, 0.717) is 27.8 Å². The summed E-state index contributed by atoms with van der Waals surface area (Å²) in [7, 11) is 0. The molecular weight excluding hydrogens is 464 g/mol. The van der Waals surface area contributed by atoms with E-state index in [-0.39, 0.29) is 23.0 Å². The first-order valence-electron chi connectivity index (χ1n) is 11.7. The minimum absolute atomic E-state index is 0.161. The van der Waals surface area contributed by atoms with E-state index in [1.807, 2.05) is 48.5 Å². The quantitative estimate of drug-likeness (QED) is 0.302. The van der Waals surface area contributed by atoms with E-state index in [4.69, 9.17) is 4.98 Å². The van der Waals surface area contributed by atoms with Gasteiger partial charge in [0.05, 0.1) is 28.2 Å². The van der Waals surface area contributed by atoms with E-state index in [0.717, 1.165) is 21.9 Å². The maximum Gasteiger partial charge on any atom is 0.335 e. The molecule has 0 radical (unpaired) electrons. The van der Waals surface area contributed by atoms with Crippen LogP contribution in [0.1, 0.15) is 33.3 Å². The van der Waals surface area contributed by atoms with Crippen LogP contribution in [0.5, 0.6) is 0 Å². The van der Waals surface area contributed by atoms with Gasteiger partial charge in [0.25, 0.3) is 0 Å². The molecule has 1 aromatic heterocycles. The lowest BCUT2D eigenvalue weighted by Crippen LogP contribution is -2.25. The average Bonchev–Trinajstić information content (AvgIpc) is 3.19. The second-order valence-corrected chi connectivity index (χ2v) is 8.89. The summed E-state index contributed by atoms with van der Waals surface area (Å²) >= 11 is 0. The van der Waals surface area contributed by atoms with Crippen LogP contribution in [-0.2, 0) is 4.79 Å². The fourth-order valence-electron chi connectivity index (χ4n) is 4.94. The van der Waals surface area contributed by atoms with Gasteiger partial charge in [-0.25, -0.2) is 9.78 Å². The Morgan fingerprint density at radius 2 is 1.54 bits per heavy atom. The second-order valence-electron chi connectivity index (χ2n) is 8.89. The summed E-state index contributed by atoms with van der Waals surface area (Å²) in [5.74, 6) is -1.55. The predicted octanol–water partition coefficient (Wildman–Crippen LogP) is 6.34. The molecule has 5 aromatic rings. The zero-order chi connectivity index (χ0) is 25.7. The number of anilines is 1. The number of carboxylic acid groups (broad SMARTS) is 1. The Kier molecular flexibility index (Phi) is 5.16. The summed E-state index contributed by atoms with van der Waals surface area (Å²) in [6.07, 6.45) is 1.66. The number of nitrogens with zero attached hydrogens (tertiary/aromatic N) is 2. The summed E-state index contributed by atoms with van der Waals surface area (Å²) in [6, 6.07) is 27.6. The van der Waals surface area contributed by atoms with Crippen LogP contribution < -0.4 is 4.90 Å². The van der Waals surface area contributed by atoms with Gasteiger partial charge in [-0.1, -0.05) is 54.6 Å². The summed E-state index contributed by atoms with van der Waals surface area (Å²) in [5, 5.41) is 12.2. The van der Waals surface area contributed by atoms with Gasteiger partial charge in [0.2, 0.25) is 11.7 Å². The third-order valence-corrected chi connectivity index (χ3v) is 6.62. The van der Waals surface area contributed by atoms with Gasteiger partial charge in [0.1, 0.15) is 0 Å². The Hall–Kier alpha value is -5.10. The number of pyridine rings is 1. The summed E-state index contributed by atoms with van der Waals surface area (Å²) in [4.78, 5) is 43.9. The van der Waals surface area contributed by atoms with Crippen LogP contribution in [0, 0.1) is 0 Å². The Morgan fingerprint density at radius 3 is 2.35 bits per heavy atom. The number of carbonyl (C=O) groups is 3. The number of hydrogen-bond donors (Lipinski definition) is 1. The van der Waals surface area contributed by atoms with Crippen LogP contribution in [0.15, 0.2) is 96.7 Å². The molecule has 6 heteroatoms. The number of benzene rings is 4. The van der Waals surface area contributed by atoms with Crippen molar-refractivity contribution in [2.45, 2.75) is 6.92 Å². The molecule has 6 rings (SSSR count). The fraction of sp³-hybridized carbons (Fsp3) is 0.0323. The number of aromatic nitrogens is 1. The van der Waals surface area contributed by atoms with Crippen molar-refractivity contribution < 1.29 is 19.5 Å². The molecule has 1 aliphatic rings. The molecule has 4 aromatic carbocycles. The van der Waals surface area contributed by atoms with Crippen LogP contribution in [0.2, 0.25) is 0 Å². The number of Topliss-reactive ketones (excluding diaryl/α,β-unsaturated/α-hetero) is 1. The number of para-hydroxylation sites is 1. The molecule has 37 heavy (non-hydrogen) atoms. The summed E-state index contributed by atoms with van der Waals surface area (Å²) < 4.78 is 0. The van der Waals surface area contributed by atoms with Crippen molar-refractivity contribution >= 4 is 51.1 Å². The molecule has 6 nitrogen and oxygen atoms in total. The van der Waals surface area contributed by atoms with Crippen molar-refractivity contribution in [2.75, 3.05) is 4.90 Å². The van der Waals surface area contributed by atoms with E-state index in [1.54, 1.807) is 42.5 Å². The van der Waals surface area contributed by atoms with Crippen molar-refractivity contribution in [1.29, 1.82) is 0 Å². The third-order valence-electron chi connectivity index (χ3n) is 6.62. The highest BCUT2D eigenvalue weighted by Crippen LogP contribution is 2.38. The van der Waals surface area contributed by atoms with Crippen LogP contribution in [0.25, 0.3) is 38.9 Å². The smallest absolute Gasteiger partial charge is 0.335 e. The maximum absolute atomic E-state index is 13.4. The number of amides is 1. The van der Waals surface area contributed by atoms with Gasteiger partial charge < -0.3 is 5.11 Å². The van der Waals surface area contributed by atoms with Crippen LogP contribution in [0.4, 0.5) is 5.69 Å². The van der Waals surface area contributed by atoms with Gasteiger partial charge in [0.15, 0.2) is 0 Å².